The fraction of sp³-hybridized carbons (Fsp3) is 0.292. The van der Waals surface area contributed by atoms with E-state index in [-0.39, 0.29) is 5.56 Å². The first-order valence-electron chi connectivity index (χ1n) is 10.2. The van der Waals surface area contributed by atoms with E-state index in [0.717, 1.165) is 29.6 Å². The summed E-state index contributed by atoms with van der Waals surface area (Å²) < 4.78 is 0. The standard InChI is InChI=1S/C24H24N4O/c1-15-11-16(2)14-28(13-15)24-26-22-21(23(29)27-24)20(9-10-25-22)19-8-7-17-5-3-4-6-18(17)12-19/h3-10,12,15-16H,11,13-14H2,1-2H3,(H,25,26,27,29). The third kappa shape index (κ3) is 3.27. The normalized spacial score (nSPS) is 19.7. The maximum Gasteiger partial charge on any atom is 0.262 e. The van der Waals surface area contributed by atoms with E-state index in [1.54, 1.807) is 6.20 Å². The number of nitrogens with zero attached hydrogens (tertiary/aromatic N) is 3. The highest BCUT2D eigenvalue weighted by Crippen LogP contribution is 2.29. The van der Waals surface area contributed by atoms with Crippen molar-refractivity contribution in [1.82, 2.24) is 15.0 Å². The van der Waals surface area contributed by atoms with Gasteiger partial charge < -0.3 is 4.90 Å². The predicted octanol–water partition coefficient (Wildman–Crippen LogP) is 4.62. The van der Waals surface area contributed by atoms with Gasteiger partial charge in [0.15, 0.2) is 5.65 Å². The van der Waals surface area contributed by atoms with E-state index in [1.807, 2.05) is 18.2 Å². The molecule has 1 aliphatic rings. The molecule has 5 nitrogen and oxygen atoms in total. The fourth-order valence-corrected chi connectivity index (χ4v) is 4.63. The number of hydrogen-bond donors (Lipinski definition) is 1. The Hall–Kier alpha value is -3.21. The summed E-state index contributed by atoms with van der Waals surface area (Å²) in [5.41, 5.74) is 2.23. The van der Waals surface area contributed by atoms with Crippen LogP contribution in [0.5, 0.6) is 0 Å². The average molecular weight is 384 g/mol. The Morgan fingerprint density at radius 1 is 1.00 bits per heavy atom. The molecule has 1 aliphatic heterocycles. The first-order chi connectivity index (χ1) is 14.1. The molecule has 1 N–H and O–H groups in total. The van der Waals surface area contributed by atoms with Crippen LogP contribution in [0.2, 0.25) is 0 Å². The zero-order valence-corrected chi connectivity index (χ0v) is 16.7. The Bertz CT molecular complexity index is 1250. The van der Waals surface area contributed by atoms with Crippen molar-refractivity contribution in [2.45, 2.75) is 20.3 Å². The number of rotatable bonds is 2. The molecule has 0 radical (unpaired) electrons. The van der Waals surface area contributed by atoms with Crippen LogP contribution in [-0.2, 0) is 0 Å². The number of fused-ring (bicyclic) bond motifs is 2. The van der Waals surface area contributed by atoms with Crippen LogP contribution >= 0.6 is 0 Å². The lowest BCUT2D eigenvalue weighted by Gasteiger charge is -2.35. The van der Waals surface area contributed by atoms with E-state index < -0.39 is 0 Å². The molecule has 0 aliphatic carbocycles. The quantitative estimate of drug-likeness (QED) is 0.548. The lowest BCUT2D eigenvalue weighted by atomic mass is 9.92. The van der Waals surface area contributed by atoms with Crippen LogP contribution in [0.3, 0.4) is 0 Å². The zero-order valence-electron chi connectivity index (χ0n) is 16.7. The number of benzene rings is 2. The van der Waals surface area contributed by atoms with E-state index in [2.05, 4.69) is 59.0 Å². The van der Waals surface area contributed by atoms with Crippen molar-refractivity contribution in [3.05, 3.63) is 65.1 Å². The molecule has 3 heterocycles. The van der Waals surface area contributed by atoms with Crippen molar-refractivity contribution in [3.63, 3.8) is 0 Å². The minimum Gasteiger partial charge on any atom is -0.342 e. The number of aromatic amines is 1. The highest BCUT2D eigenvalue weighted by molar-refractivity contribution is 5.95. The largest absolute Gasteiger partial charge is 0.342 e. The van der Waals surface area contributed by atoms with Gasteiger partial charge in [0, 0.05) is 19.3 Å². The molecule has 5 rings (SSSR count). The molecule has 4 aromatic rings. The van der Waals surface area contributed by atoms with Crippen molar-refractivity contribution in [1.29, 1.82) is 0 Å². The average Bonchev–Trinajstić information content (AvgIpc) is 2.72. The van der Waals surface area contributed by atoms with Gasteiger partial charge >= 0.3 is 0 Å². The van der Waals surface area contributed by atoms with Gasteiger partial charge in [-0.1, -0.05) is 50.2 Å². The molecule has 0 spiro atoms. The molecule has 5 heteroatoms. The zero-order chi connectivity index (χ0) is 20.0. The third-order valence-electron chi connectivity index (χ3n) is 5.82. The molecular weight excluding hydrogens is 360 g/mol. The van der Waals surface area contributed by atoms with Crippen LogP contribution in [0.1, 0.15) is 20.3 Å². The second-order valence-corrected chi connectivity index (χ2v) is 8.36. The molecule has 2 aromatic heterocycles. The second-order valence-electron chi connectivity index (χ2n) is 8.36. The summed E-state index contributed by atoms with van der Waals surface area (Å²) in [4.78, 5) is 27.5. The van der Waals surface area contributed by atoms with Gasteiger partial charge in [-0.15, -0.1) is 0 Å². The molecule has 2 aromatic carbocycles. The number of hydrogen-bond acceptors (Lipinski definition) is 4. The van der Waals surface area contributed by atoms with Crippen molar-refractivity contribution >= 4 is 27.8 Å². The predicted molar refractivity (Wildman–Crippen MR) is 118 cm³/mol. The van der Waals surface area contributed by atoms with Gasteiger partial charge in [0.1, 0.15) is 0 Å². The van der Waals surface area contributed by atoms with E-state index in [1.165, 1.54) is 11.8 Å². The summed E-state index contributed by atoms with van der Waals surface area (Å²) >= 11 is 0. The van der Waals surface area contributed by atoms with E-state index in [0.29, 0.717) is 28.8 Å². The first kappa shape index (κ1) is 17.9. The first-order valence-corrected chi connectivity index (χ1v) is 10.2. The Morgan fingerprint density at radius 3 is 2.55 bits per heavy atom. The van der Waals surface area contributed by atoms with Gasteiger partial charge in [0.05, 0.1) is 5.39 Å². The fourth-order valence-electron chi connectivity index (χ4n) is 4.63. The number of anilines is 1. The summed E-state index contributed by atoms with van der Waals surface area (Å²) in [6.45, 7) is 6.31. The minimum atomic E-state index is -0.132. The van der Waals surface area contributed by atoms with Crippen LogP contribution < -0.4 is 10.5 Å². The van der Waals surface area contributed by atoms with Crippen molar-refractivity contribution < 1.29 is 0 Å². The number of piperidine rings is 1. The Balaban J connectivity index is 1.63. The van der Waals surface area contributed by atoms with Gasteiger partial charge in [-0.05, 0) is 52.3 Å². The summed E-state index contributed by atoms with van der Waals surface area (Å²) in [5.74, 6) is 1.79. The lowest BCUT2D eigenvalue weighted by molar-refractivity contribution is 0.353. The van der Waals surface area contributed by atoms with Crippen LogP contribution in [0.4, 0.5) is 5.95 Å². The summed E-state index contributed by atoms with van der Waals surface area (Å²) in [6, 6.07) is 16.4. The number of nitrogens with one attached hydrogen (secondary N) is 1. The molecule has 146 valence electrons. The maximum absolute atomic E-state index is 13.1. The number of H-pyrrole nitrogens is 1. The lowest BCUT2D eigenvalue weighted by Crippen LogP contribution is -2.40. The topological polar surface area (TPSA) is 61.9 Å². The molecule has 2 unspecified atom stereocenters. The molecule has 0 amide bonds. The van der Waals surface area contributed by atoms with E-state index in [4.69, 9.17) is 4.98 Å². The molecular formula is C24H24N4O. The van der Waals surface area contributed by atoms with Crippen molar-refractivity contribution in [2.24, 2.45) is 11.8 Å². The van der Waals surface area contributed by atoms with E-state index >= 15 is 0 Å². The SMILES string of the molecule is CC1CC(C)CN(c2nc3nccc(-c4ccc5ccccc5c4)c3c(=O)[nH]2)C1. The molecule has 1 saturated heterocycles. The van der Waals surface area contributed by atoms with Gasteiger partial charge in [0.25, 0.3) is 5.56 Å². The summed E-state index contributed by atoms with van der Waals surface area (Å²) in [6.07, 6.45) is 2.95. The summed E-state index contributed by atoms with van der Waals surface area (Å²) in [5, 5.41) is 2.87. The van der Waals surface area contributed by atoms with Crippen LogP contribution in [0.15, 0.2) is 59.5 Å². The van der Waals surface area contributed by atoms with E-state index in [9.17, 15) is 4.79 Å². The Morgan fingerprint density at radius 2 is 1.76 bits per heavy atom. The highest BCUT2D eigenvalue weighted by Gasteiger charge is 2.24. The molecule has 0 saturated carbocycles. The summed E-state index contributed by atoms with van der Waals surface area (Å²) in [7, 11) is 0. The Kier molecular flexibility index (Phi) is 4.31. The third-order valence-corrected chi connectivity index (χ3v) is 5.82. The van der Waals surface area contributed by atoms with Crippen LogP contribution in [0, 0.1) is 11.8 Å². The second kappa shape index (κ2) is 6.99. The smallest absolute Gasteiger partial charge is 0.262 e. The molecule has 1 fully saturated rings. The van der Waals surface area contributed by atoms with Gasteiger partial charge in [-0.25, -0.2) is 4.98 Å². The maximum atomic E-state index is 13.1. The van der Waals surface area contributed by atoms with Crippen molar-refractivity contribution in [2.75, 3.05) is 18.0 Å². The van der Waals surface area contributed by atoms with Crippen molar-refractivity contribution in [3.8, 4) is 11.1 Å². The van der Waals surface area contributed by atoms with Gasteiger partial charge in [-0.2, -0.15) is 4.98 Å². The minimum absolute atomic E-state index is 0.132. The van der Waals surface area contributed by atoms with Gasteiger partial charge in [0.2, 0.25) is 5.95 Å². The van der Waals surface area contributed by atoms with Gasteiger partial charge in [-0.3, -0.25) is 9.78 Å². The monoisotopic (exact) mass is 384 g/mol. The van der Waals surface area contributed by atoms with Crippen LogP contribution in [-0.4, -0.2) is 28.0 Å². The molecule has 2 atom stereocenters. The number of aromatic nitrogens is 3. The van der Waals surface area contributed by atoms with Crippen LogP contribution in [0.25, 0.3) is 32.9 Å². The Labute approximate surface area is 169 Å². The number of pyridine rings is 1. The highest BCUT2D eigenvalue weighted by atomic mass is 16.1. The molecule has 29 heavy (non-hydrogen) atoms. The molecule has 0 bridgehead atoms.